The Labute approximate surface area is 147 Å². The lowest BCUT2D eigenvalue weighted by Gasteiger charge is -2.33. The monoisotopic (exact) mass is 337 g/mol. The van der Waals surface area contributed by atoms with Crippen LogP contribution in [0.4, 0.5) is 5.82 Å². The van der Waals surface area contributed by atoms with Crippen molar-refractivity contribution >= 4 is 11.8 Å². The maximum Gasteiger partial charge on any atom is 0.335 e. The number of carboxylic acid groups (broad SMARTS) is 1. The van der Waals surface area contributed by atoms with Crippen LogP contribution in [0.2, 0.25) is 0 Å². The second kappa shape index (κ2) is 6.82. The average Bonchev–Trinajstić information content (AvgIpc) is 3.11. The summed E-state index contributed by atoms with van der Waals surface area (Å²) in [7, 11) is 0. The zero-order valence-electron chi connectivity index (χ0n) is 14.3. The first kappa shape index (κ1) is 16.1. The highest BCUT2D eigenvalue weighted by atomic mass is 16.4. The van der Waals surface area contributed by atoms with E-state index in [1.54, 1.807) is 12.4 Å². The van der Waals surface area contributed by atoms with Crippen molar-refractivity contribution in [2.75, 3.05) is 18.0 Å². The number of anilines is 1. The third-order valence-corrected chi connectivity index (χ3v) is 5.46. The molecule has 0 unspecified atom stereocenters. The summed E-state index contributed by atoms with van der Waals surface area (Å²) in [6.07, 6.45) is 8.29. The Hall–Kier alpha value is -2.43. The summed E-state index contributed by atoms with van der Waals surface area (Å²) in [6.45, 7) is 2.04. The lowest BCUT2D eigenvalue weighted by molar-refractivity contribution is 0.0696. The number of rotatable bonds is 4. The molecule has 1 aromatic carbocycles. The highest BCUT2D eigenvalue weighted by molar-refractivity contribution is 5.87. The number of piperidine rings is 1. The first-order chi connectivity index (χ1) is 12.2. The molecule has 1 fully saturated rings. The standard InChI is InChI=1S/C20H23N3O2/c24-20(25)16-4-1-3-15(12-16)11-14-7-9-23(10-8-14)19-17-5-2-6-18(17)21-13-22-19/h1,3-4,12-14H,2,5-11H2,(H,24,25). The van der Waals surface area contributed by atoms with Gasteiger partial charge in [0.25, 0.3) is 0 Å². The molecule has 0 bridgehead atoms. The first-order valence-corrected chi connectivity index (χ1v) is 9.10. The molecule has 1 saturated heterocycles. The molecule has 5 heteroatoms. The fourth-order valence-electron chi connectivity index (χ4n) is 4.13. The van der Waals surface area contributed by atoms with Crippen molar-refractivity contribution in [3.8, 4) is 0 Å². The maximum atomic E-state index is 11.1. The van der Waals surface area contributed by atoms with Crippen LogP contribution in [0.1, 0.15) is 46.4 Å². The minimum Gasteiger partial charge on any atom is -0.478 e. The van der Waals surface area contributed by atoms with Gasteiger partial charge in [-0.3, -0.25) is 0 Å². The predicted molar refractivity (Wildman–Crippen MR) is 96.1 cm³/mol. The molecular weight excluding hydrogens is 314 g/mol. The van der Waals surface area contributed by atoms with Crippen LogP contribution in [0.5, 0.6) is 0 Å². The second-order valence-electron chi connectivity index (χ2n) is 7.12. The zero-order chi connectivity index (χ0) is 17.2. The minimum absolute atomic E-state index is 0.381. The molecule has 4 rings (SSSR count). The average molecular weight is 337 g/mol. The first-order valence-electron chi connectivity index (χ1n) is 9.10. The maximum absolute atomic E-state index is 11.1. The fourth-order valence-corrected chi connectivity index (χ4v) is 4.13. The van der Waals surface area contributed by atoms with E-state index in [1.165, 1.54) is 17.7 Å². The SMILES string of the molecule is O=C(O)c1cccc(CC2CCN(c3ncnc4c3CCC4)CC2)c1. The van der Waals surface area contributed by atoms with Crippen LogP contribution in [0.3, 0.4) is 0 Å². The minimum atomic E-state index is -0.853. The van der Waals surface area contributed by atoms with Gasteiger partial charge >= 0.3 is 5.97 Å². The number of carboxylic acids is 1. The molecule has 0 saturated carbocycles. The van der Waals surface area contributed by atoms with Crippen molar-refractivity contribution in [3.63, 3.8) is 0 Å². The van der Waals surface area contributed by atoms with Gasteiger partial charge in [-0.2, -0.15) is 0 Å². The Balaban J connectivity index is 1.40. The van der Waals surface area contributed by atoms with Gasteiger partial charge in [0.15, 0.2) is 0 Å². The number of aryl methyl sites for hydroxylation is 1. The molecule has 5 nitrogen and oxygen atoms in total. The van der Waals surface area contributed by atoms with Crippen molar-refractivity contribution in [2.45, 2.75) is 38.5 Å². The number of hydrogen-bond donors (Lipinski definition) is 1. The van der Waals surface area contributed by atoms with E-state index in [9.17, 15) is 4.79 Å². The Morgan fingerprint density at radius 2 is 2.04 bits per heavy atom. The molecule has 130 valence electrons. The quantitative estimate of drug-likeness (QED) is 0.928. The van der Waals surface area contributed by atoms with Gasteiger partial charge in [-0.15, -0.1) is 0 Å². The van der Waals surface area contributed by atoms with Gasteiger partial charge in [-0.05, 0) is 62.1 Å². The highest BCUT2D eigenvalue weighted by Gasteiger charge is 2.25. The number of carbonyl (C=O) groups is 1. The van der Waals surface area contributed by atoms with E-state index in [4.69, 9.17) is 5.11 Å². The number of hydrogen-bond acceptors (Lipinski definition) is 4. The summed E-state index contributed by atoms with van der Waals surface area (Å²) >= 11 is 0. The summed E-state index contributed by atoms with van der Waals surface area (Å²) in [5.41, 5.74) is 4.10. The summed E-state index contributed by atoms with van der Waals surface area (Å²) in [5, 5.41) is 9.13. The van der Waals surface area contributed by atoms with Gasteiger partial charge in [0.05, 0.1) is 5.56 Å². The smallest absolute Gasteiger partial charge is 0.335 e. The third-order valence-electron chi connectivity index (χ3n) is 5.46. The Morgan fingerprint density at radius 1 is 1.20 bits per heavy atom. The largest absolute Gasteiger partial charge is 0.478 e. The van der Waals surface area contributed by atoms with E-state index in [1.807, 2.05) is 18.2 Å². The van der Waals surface area contributed by atoms with Crippen molar-refractivity contribution in [1.29, 1.82) is 0 Å². The van der Waals surface area contributed by atoms with Gasteiger partial charge in [0.1, 0.15) is 12.1 Å². The van der Waals surface area contributed by atoms with E-state index in [-0.39, 0.29) is 0 Å². The van der Waals surface area contributed by atoms with Gasteiger partial charge in [0.2, 0.25) is 0 Å². The van der Waals surface area contributed by atoms with Crippen molar-refractivity contribution < 1.29 is 9.90 Å². The van der Waals surface area contributed by atoms with Gasteiger partial charge in [-0.25, -0.2) is 14.8 Å². The van der Waals surface area contributed by atoms with Gasteiger partial charge in [0, 0.05) is 24.3 Å². The Bertz CT molecular complexity index is 782. The number of benzene rings is 1. The van der Waals surface area contributed by atoms with E-state index >= 15 is 0 Å². The van der Waals surface area contributed by atoms with Crippen LogP contribution in [-0.4, -0.2) is 34.1 Å². The molecule has 2 heterocycles. The predicted octanol–water partition coefficient (Wildman–Crippen LogP) is 3.12. The van der Waals surface area contributed by atoms with Crippen molar-refractivity contribution in [1.82, 2.24) is 9.97 Å². The molecule has 0 spiro atoms. The molecular formula is C20H23N3O2. The normalized spacial score (nSPS) is 17.5. The molecule has 1 aliphatic heterocycles. The number of nitrogens with zero attached hydrogens (tertiary/aromatic N) is 3. The second-order valence-corrected chi connectivity index (χ2v) is 7.12. The molecule has 1 aromatic heterocycles. The molecule has 1 N–H and O–H groups in total. The lowest BCUT2D eigenvalue weighted by atomic mass is 9.89. The summed E-state index contributed by atoms with van der Waals surface area (Å²) in [5.74, 6) is 0.901. The molecule has 25 heavy (non-hydrogen) atoms. The number of fused-ring (bicyclic) bond motifs is 1. The van der Waals surface area contributed by atoms with Crippen LogP contribution in [-0.2, 0) is 19.3 Å². The van der Waals surface area contributed by atoms with E-state index in [0.717, 1.165) is 56.6 Å². The van der Waals surface area contributed by atoms with Crippen LogP contribution in [0.15, 0.2) is 30.6 Å². The molecule has 0 amide bonds. The molecule has 1 aliphatic carbocycles. The van der Waals surface area contributed by atoms with Crippen LogP contribution < -0.4 is 4.90 Å². The van der Waals surface area contributed by atoms with E-state index in [2.05, 4.69) is 14.9 Å². The van der Waals surface area contributed by atoms with Crippen molar-refractivity contribution in [2.24, 2.45) is 5.92 Å². The van der Waals surface area contributed by atoms with Crippen molar-refractivity contribution in [3.05, 3.63) is 53.0 Å². The molecule has 2 aromatic rings. The third kappa shape index (κ3) is 3.36. The lowest BCUT2D eigenvalue weighted by Crippen LogP contribution is -2.35. The number of aromatic carboxylic acids is 1. The van der Waals surface area contributed by atoms with Gasteiger partial charge in [-0.1, -0.05) is 12.1 Å². The van der Waals surface area contributed by atoms with Crippen LogP contribution in [0.25, 0.3) is 0 Å². The van der Waals surface area contributed by atoms with Crippen LogP contribution in [0, 0.1) is 5.92 Å². The molecule has 2 aliphatic rings. The van der Waals surface area contributed by atoms with E-state index < -0.39 is 5.97 Å². The van der Waals surface area contributed by atoms with E-state index in [0.29, 0.717) is 11.5 Å². The fraction of sp³-hybridized carbons (Fsp3) is 0.450. The summed E-state index contributed by atoms with van der Waals surface area (Å²) in [4.78, 5) is 22.5. The summed E-state index contributed by atoms with van der Waals surface area (Å²) in [6, 6.07) is 7.35. The van der Waals surface area contributed by atoms with Crippen LogP contribution >= 0.6 is 0 Å². The zero-order valence-corrected chi connectivity index (χ0v) is 14.3. The Morgan fingerprint density at radius 3 is 2.84 bits per heavy atom. The van der Waals surface area contributed by atoms with Gasteiger partial charge < -0.3 is 10.0 Å². The Kier molecular flexibility index (Phi) is 4.38. The molecule has 0 atom stereocenters. The number of aromatic nitrogens is 2. The summed E-state index contributed by atoms with van der Waals surface area (Å²) < 4.78 is 0. The molecule has 0 radical (unpaired) electrons. The topological polar surface area (TPSA) is 66.3 Å². The highest BCUT2D eigenvalue weighted by Crippen LogP contribution is 2.31.